The number of fused-ring (bicyclic) bond motifs is 3. The first-order valence-corrected chi connectivity index (χ1v) is 12.4. The number of nitrogens with zero attached hydrogens (tertiary/aromatic N) is 2. The van der Waals surface area contributed by atoms with Gasteiger partial charge in [0.1, 0.15) is 6.04 Å². The molecule has 1 spiro atoms. The number of amides is 2. The number of hydrogen-bond acceptors (Lipinski definition) is 3. The van der Waals surface area contributed by atoms with Crippen molar-refractivity contribution < 1.29 is 14.1 Å². The number of rotatable bonds is 5. The quantitative estimate of drug-likeness (QED) is 0.541. The van der Waals surface area contributed by atoms with Gasteiger partial charge in [-0.3, -0.25) is 9.59 Å². The summed E-state index contributed by atoms with van der Waals surface area (Å²) in [5.74, 6) is -0.575. The molecule has 3 aromatic rings. The molecule has 2 N–H and O–H groups in total. The SMILES string of the molecule is CC(c1c[nH]c2ccccc12)C(NF)C(=O)N1CCC2(CC1)CC(C(=O)N(C)C)c1ccccc12. The number of H-pyrrole nitrogens is 1. The summed E-state index contributed by atoms with van der Waals surface area (Å²) in [6, 6.07) is 15.1. The second-order valence-corrected chi connectivity index (χ2v) is 10.3. The van der Waals surface area contributed by atoms with E-state index >= 15 is 0 Å². The lowest BCUT2D eigenvalue weighted by Crippen LogP contribution is -2.51. The van der Waals surface area contributed by atoms with Gasteiger partial charge in [-0.25, -0.2) is 0 Å². The molecule has 2 heterocycles. The third-order valence-electron chi connectivity index (χ3n) is 8.27. The zero-order valence-electron chi connectivity index (χ0n) is 20.6. The van der Waals surface area contributed by atoms with Crippen LogP contribution in [0.5, 0.6) is 0 Å². The lowest BCUT2D eigenvalue weighted by atomic mass is 9.73. The molecule has 184 valence electrons. The van der Waals surface area contributed by atoms with E-state index in [-0.39, 0.29) is 29.1 Å². The van der Waals surface area contributed by atoms with Crippen molar-refractivity contribution >= 4 is 22.7 Å². The number of likely N-dealkylation sites (N-methyl/N-ethyl adjacent to an activating group) is 1. The van der Waals surface area contributed by atoms with Crippen LogP contribution in [0, 0.1) is 0 Å². The Labute approximate surface area is 205 Å². The van der Waals surface area contributed by atoms with Crippen LogP contribution < -0.4 is 5.54 Å². The standard InChI is InChI=1S/C28H33FN4O2/c1-18(22-17-30-24-11-7-5-9-20(22)24)25(31-29)27(35)33-14-12-28(13-15-33)16-21(26(34)32(2)3)19-8-4-6-10-23(19)28/h4-11,17-18,21,25,30-31H,12-16H2,1-3H3. The molecule has 5 rings (SSSR count). The normalized spacial score (nSPS) is 20.6. The Morgan fingerprint density at radius 3 is 2.51 bits per heavy atom. The highest BCUT2D eigenvalue weighted by molar-refractivity contribution is 5.88. The van der Waals surface area contributed by atoms with Crippen LogP contribution in [0.4, 0.5) is 4.48 Å². The second-order valence-electron chi connectivity index (χ2n) is 10.3. The average molecular weight is 477 g/mol. The molecule has 1 saturated heterocycles. The molecule has 2 aromatic carbocycles. The van der Waals surface area contributed by atoms with Crippen molar-refractivity contribution in [1.29, 1.82) is 0 Å². The minimum atomic E-state index is -0.956. The number of piperidine rings is 1. The lowest BCUT2D eigenvalue weighted by Gasteiger charge is -2.41. The van der Waals surface area contributed by atoms with Crippen LogP contribution in [0.2, 0.25) is 0 Å². The molecule has 35 heavy (non-hydrogen) atoms. The summed E-state index contributed by atoms with van der Waals surface area (Å²) >= 11 is 0. The Balaban J connectivity index is 1.33. The summed E-state index contributed by atoms with van der Waals surface area (Å²) in [5.41, 5.74) is 5.93. The van der Waals surface area contributed by atoms with Crippen LogP contribution >= 0.6 is 0 Å². The molecule has 0 saturated carbocycles. The molecule has 3 atom stereocenters. The molecule has 2 amide bonds. The summed E-state index contributed by atoms with van der Waals surface area (Å²) in [4.78, 5) is 33.1. The molecule has 7 heteroatoms. The number of carbonyl (C=O) groups excluding carboxylic acids is 2. The number of benzene rings is 2. The van der Waals surface area contributed by atoms with Gasteiger partial charge in [0.25, 0.3) is 0 Å². The van der Waals surface area contributed by atoms with Crippen molar-refractivity contribution in [2.75, 3.05) is 27.2 Å². The highest BCUT2D eigenvalue weighted by Crippen LogP contribution is 2.52. The first-order chi connectivity index (χ1) is 16.9. The van der Waals surface area contributed by atoms with Gasteiger partial charge in [-0.05, 0) is 42.0 Å². The number of halogens is 1. The fourth-order valence-corrected chi connectivity index (χ4v) is 6.26. The third kappa shape index (κ3) is 3.92. The molecule has 0 radical (unpaired) electrons. The van der Waals surface area contributed by atoms with E-state index in [4.69, 9.17) is 0 Å². The minimum Gasteiger partial charge on any atom is -0.361 e. The number of likely N-dealkylation sites (tertiary alicyclic amines) is 1. The van der Waals surface area contributed by atoms with Gasteiger partial charge >= 0.3 is 0 Å². The maximum absolute atomic E-state index is 14.1. The van der Waals surface area contributed by atoms with Gasteiger partial charge in [0.05, 0.1) is 5.92 Å². The summed E-state index contributed by atoms with van der Waals surface area (Å²) < 4.78 is 14.1. The lowest BCUT2D eigenvalue weighted by molar-refractivity contribution is -0.137. The van der Waals surface area contributed by atoms with Gasteiger partial charge in [-0.1, -0.05) is 49.4 Å². The topological polar surface area (TPSA) is 68.4 Å². The van der Waals surface area contributed by atoms with E-state index in [9.17, 15) is 14.1 Å². The summed E-state index contributed by atoms with van der Waals surface area (Å²) in [6.07, 6.45) is 4.18. The fourth-order valence-electron chi connectivity index (χ4n) is 6.26. The Morgan fingerprint density at radius 1 is 1.11 bits per heavy atom. The van der Waals surface area contributed by atoms with Crippen molar-refractivity contribution in [1.82, 2.24) is 20.3 Å². The monoisotopic (exact) mass is 476 g/mol. The van der Waals surface area contributed by atoms with E-state index in [2.05, 4.69) is 17.1 Å². The molecular formula is C28H33FN4O2. The van der Waals surface area contributed by atoms with Crippen molar-refractivity contribution in [3.8, 4) is 0 Å². The van der Waals surface area contributed by atoms with E-state index in [1.54, 1.807) is 23.9 Å². The van der Waals surface area contributed by atoms with Gasteiger partial charge in [-0.2, -0.15) is 0 Å². The smallest absolute Gasteiger partial charge is 0.242 e. The summed E-state index contributed by atoms with van der Waals surface area (Å²) in [7, 11) is 3.60. The molecule has 3 unspecified atom stereocenters. The van der Waals surface area contributed by atoms with Crippen molar-refractivity contribution in [2.24, 2.45) is 0 Å². The van der Waals surface area contributed by atoms with Gasteiger partial charge < -0.3 is 14.8 Å². The number of carbonyl (C=O) groups is 2. The van der Waals surface area contributed by atoms with Crippen molar-refractivity contribution in [3.05, 3.63) is 71.4 Å². The van der Waals surface area contributed by atoms with Crippen LogP contribution in [0.3, 0.4) is 0 Å². The molecule has 6 nitrogen and oxygen atoms in total. The van der Waals surface area contributed by atoms with Crippen LogP contribution in [-0.2, 0) is 15.0 Å². The van der Waals surface area contributed by atoms with E-state index in [1.807, 2.05) is 55.1 Å². The zero-order chi connectivity index (χ0) is 24.7. The highest BCUT2D eigenvalue weighted by Gasteiger charge is 2.48. The maximum Gasteiger partial charge on any atom is 0.242 e. The number of aromatic amines is 1. The molecule has 1 aromatic heterocycles. The largest absolute Gasteiger partial charge is 0.361 e. The third-order valence-corrected chi connectivity index (χ3v) is 8.27. The first kappa shape index (κ1) is 23.5. The second kappa shape index (κ2) is 9.11. The molecule has 2 aliphatic rings. The summed E-state index contributed by atoms with van der Waals surface area (Å²) in [5, 5.41) is 1.00. The van der Waals surface area contributed by atoms with E-state index in [0.717, 1.165) is 41.3 Å². The maximum atomic E-state index is 14.1. The van der Waals surface area contributed by atoms with Crippen LogP contribution in [0.15, 0.2) is 54.7 Å². The molecular weight excluding hydrogens is 443 g/mol. The van der Waals surface area contributed by atoms with E-state index in [0.29, 0.717) is 13.1 Å². The van der Waals surface area contributed by atoms with Gasteiger partial charge in [0.2, 0.25) is 11.8 Å². The summed E-state index contributed by atoms with van der Waals surface area (Å²) in [6.45, 7) is 2.99. The predicted molar refractivity (Wildman–Crippen MR) is 135 cm³/mol. The zero-order valence-corrected chi connectivity index (χ0v) is 20.6. The molecule has 1 aliphatic carbocycles. The predicted octanol–water partition coefficient (Wildman–Crippen LogP) is 4.25. The fraction of sp³-hybridized carbons (Fsp3) is 0.429. The van der Waals surface area contributed by atoms with E-state index < -0.39 is 6.04 Å². The molecule has 0 bridgehead atoms. The van der Waals surface area contributed by atoms with Crippen LogP contribution in [0.25, 0.3) is 10.9 Å². The molecule has 1 aliphatic heterocycles. The molecule has 1 fully saturated rings. The highest BCUT2D eigenvalue weighted by atomic mass is 19.2. The number of hydrogen-bond donors (Lipinski definition) is 2. The van der Waals surface area contributed by atoms with Gasteiger partial charge in [0.15, 0.2) is 0 Å². The van der Waals surface area contributed by atoms with Crippen LogP contribution in [-0.4, -0.2) is 59.8 Å². The van der Waals surface area contributed by atoms with Gasteiger partial charge in [-0.15, -0.1) is 10.0 Å². The Morgan fingerprint density at radius 2 is 1.80 bits per heavy atom. The Hall–Kier alpha value is -3.19. The Bertz CT molecular complexity index is 1240. The van der Waals surface area contributed by atoms with Crippen molar-refractivity contribution in [2.45, 2.75) is 49.5 Å². The van der Waals surface area contributed by atoms with Crippen molar-refractivity contribution in [3.63, 3.8) is 0 Å². The van der Waals surface area contributed by atoms with Crippen LogP contribution in [0.1, 0.15) is 54.7 Å². The minimum absolute atomic E-state index is 0.120. The number of para-hydroxylation sites is 1. The Kier molecular flexibility index (Phi) is 6.13. The first-order valence-electron chi connectivity index (χ1n) is 12.4. The van der Waals surface area contributed by atoms with Gasteiger partial charge in [0, 0.05) is 55.6 Å². The van der Waals surface area contributed by atoms with E-state index in [1.165, 1.54) is 5.56 Å². The number of nitrogens with one attached hydrogen (secondary N) is 2. The average Bonchev–Trinajstić information content (AvgIpc) is 3.44. The number of aromatic nitrogens is 1.